The monoisotopic (exact) mass is 391 g/mol. The molecule has 0 amide bonds. The predicted molar refractivity (Wildman–Crippen MR) is 99.3 cm³/mol. The van der Waals surface area contributed by atoms with E-state index >= 15 is 0 Å². The highest BCUT2D eigenvalue weighted by molar-refractivity contribution is 9.10. The topological polar surface area (TPSA) is 87.3 Å². The Kier molecular flexibility index (Phi) is 4.91. The highest BCUT2D eigenvalue weighted by Crippen LogP contribution is 2.30. The van der Waals surface area contributed by atoms with Crippen molar-refractivity contribution in [1.82, 2.24) is 15.3 Å². The Hall–Kier alpha value is -1.86. The average Bonchev–Trinajstić information content (AvgIpc) is 2.54. The molecule has 6 nitrogen and oxygen atoms in total. The van der Waals surface area contributed by atoms with E-state index in [0.29, 0.717) is 11.9 Å². The maximum Gasteiger partial charge on any atom is 0.222 e. The summed E-state index contributed by atoms with van der Waals surface area (Å²) in [4.78, 5) is 11.0. The van der Waals surface area contributed by atoms with Gasteiger partial charge >= 0.3 is 0 Å². The summed E-state index contributed by atoms with van der Waals surface area (Å²) in [6.45, 7) is 6.68. The number of nitrogens with zero attached hydrogens (tertiary/aromatic N) is 3. The van der Waals surface area contributed by atoms with Crippen LogP contribution in [0, 0.1) is 0 Å². The molecule has 1 atom stereocenters. The van der Waals surface area contributed by atoms with Crippen molar-refractivity contribution in [2.45, 2.75) is 25.8 Å². The van der Waals surface area contributed by atoms with E-state index in [0.717, 1.165) is 41.2 Å². The predicted octanol–water partition coefficient (Wildman–Crippen LogP) is 2.80. The number of aromatic nitrogens is 2. The van der Waals surface area contributed by atoms with Crippen molar-refractivity contribution in [3.05, 3.63) is 40.0 Å². The summed E-state index contributed by atoms with van der Waals surface area (Å²) in [5.74, 6) is 1.74. The molecule has 1 aliphatic rings. The van der Waals surface area contributed by atoms with Gasteiger partial charge in [0.25, 0.3) is 0 Å². The highest BCUT2D eigenvalue weighted by atomic mass is 79.9. The fraction of sp³-hybridized carbons (Fsp3) is 0.412. The molecule has 0 saturated carbocycles. The van der Waals surface area contributed by atoms with Crippen LogP contribution in [0.1, 0.15) is 37.1 Å². The summed E-state index contributed by atoms with van der Waals surface area (Å²) >= 11 is 3.54. The van der Waals surface area contributed by atoms with Crippen LogP contribution in [0.4, 0.5) is 11.8 Å². The number of rotatable bonds is 3. The first-order valence-electron chi connectivity index (χ1n) is 8.05. The van der Waals surface area contributed by atoms with Crippen LogP contribution in [-0.4, -0.2) is 34.7 Å². The molecule has 2 heterocycles. The SMILES string of the molecule is CC(C)c1cc(N2CCNC(c3ccc(O)cc3Br)C2)nc(N)n1. The van der Waals surface area contributed by atoms with Crippen molar-refractivity contribution >= 4 is 27.7 Å². The molecule has 0 radical (unpaired) electrons. The van der Waals surface area contributed by atoms with Crippen LogP contribution in [0.5, 0.6) is 5.75 Å². The van der Waals surface area contributed by atoms with E-state index in [-0.39, 0.29) is 11.8 Å². The van der Waals surface area contributed by atoms with Crippen molar-refractivity contribution in [1.29, 1.82) is 0 Å². The third kappa shape index (κ3) is 3.62. The minimum Gasteiger partial charge on any atom is -0.508 e. The lowest BCUT2D eigenvalue weighted by Crippen LogP contribution is -2.46. The second kappa shape index (κ2) is 6.94. The van der Waals surface area contributed by atoms with Crippen molar-refractivity contribution in [2.75, 3.05) is 30.3 Å². The van der Waals surface area contributed by atoms with Gasteiger partial charge < -0.3 is 21.1 Å². The summed E-state index contributed by atoms with van der Waals surface area (Å²) < 4.78 is 0.895. The molecule has 1 aliphatic heterocycles. The van der Waals surface area contributed by atoms with Gasteiger partial charge in [0.15, 0.2) is 0 Å². The van der Waals surface area contributed by atoms with Crippen LogP contribution in [0.3, 0.4) is 0 Å². The van der Waals surface area contributed by atoms with E-state index in [4.69, 9.17) is 5.73 Å². The first kappa shape index (κ1) is 17.0. The summed E-state index contributed by atoms with van der Waals surface area (Å²) in [5.41, 5.74) is 7.96. The van der Waals surface area contributed by atoms with Gasteiger partial charge in [-0.25, -0.2) is 4.98 Å². The van der Waals surface area contributed by atoms with Crippen LogP contribution in [0.25, 0.3) is 0 Å². The molecule has 0 aliphatic carbocycles. The number of phenols is 1. The van der Waals surface area contributed by atoms with Crippen LogP contribution < -0.4 is 16.0 Å². The number of piperazine rings is 1. The number of benzene rings is 1. The van der Waals surface area contributed by atoms with E-state index in [9.17, 15) is 5.11 Å². The fourth-order valence-electron chi connectivity index (χ4n) is 2.89. The van der Waals surface area contributed by atoms with E-state index in [2.05, 4.69) is 50.0 Å². The summed E-state index contributed by atoms with van der Waals surface area (Å²) in [6.07, 6.45) is 0. The maximum atomic E-state index is 9.59. The third-order valence-electron chi connectivity index (χ3n) is 4.20. The lowest BCUT2D eigenvalue weighted by atomic mass is 10.0. The van der Waals surface area contributed by atoms with E-state index in [1.54, 1.807) is 12.1 Å². The summed E-state index contributed by atoms with van der Waals surface area (Å²) in [5, 5.41) is 13.1. The van der Waals surface area contributed by atoms with Gasteiger partial charge in [-0.05, 0) is 23.6 Å². The van der Waals surface area contributed by atoms with Crippen molar-refractivity contribution < 1.29 is 5.11 Å². The maximum absolute atomic E-state index is 9.59. The van der Waals surface area contributed by atoms with Gasteiger partial charge in [0.05, 0.1) is 11.7 Å². The molecule has 128 valence electrons. The molecule has 1 aromatic heterocycles. The second-order valence-electron chi connectivity index (χ2n) is 6.32. The Morgan fingerprint density at radius 3 is 2.83 bits per heavy atom. The summed E-state index contributed by atoms with van der Waals surface area (Å²) in [7, 11) is 0. The molecular weight excluding hydrogens is 370 g/mol. The Morgan fingerprint density at radius 1 is 1.33 bits per heavy atom. The number of nitrogen functional groups attached to an aromatic ring is 1. The highest BCUT2D eigenvalue weighted by Gasteiger charge is 2.24. The van der Waals surface area contributed by atoms with E-state index < -0.39 is 0 Å². The standard InChI is InChI=1S/C17H22BrN5O/c1-10(2)14-8-16(22-17(19)21-14)23-6-5-20-15(9-23)12-4-3-11(24)7-13(12)18/h3-4,7-8,10,15,20,24H,5-6,9H2,1-2H3,(H2,19,21,22). The Balaban J connectivity index is 1.86. The molecule has 24 heavy (non-hydrogen) atoms. The number of aromatic hydroxyl groups is 1. The van der Waals surface area contributed by atoms with Crippen LogP contribution in [0.15, 0.2) is 28.7 Å². The number of hydrogen-bond acceptors (Lipinski definition) is 6. The minimum atomic E-state index is 0.146. The van der Waals surface area contributed by atoms with Gasteiger partial charge in [-0.1, -0.05) is 35.8 Å². The number of halogens is 1. The fourth-order valence-corrected chi connectivity index (χ4v) is 3.54. The molecule has 7 heteroatoms. The molecule has 1 saturated heterocycles. The molecule has 2 aromatic rings. The number of hydrogen-bond donors (Lipinski definition) is 3. The minimum absolute atomic E-state index is 0.146. The van der Waals surface area contributed by atoms with E-state index in [1.807, 2.05) is 12.1 Å². The quantitative estimate of drug-likeness (QED) is 0.745. The van der Waals surface area contributed by atoms with Gasteiger partial charge in [-0.2, -0.15) is 4.98 Å². The zero-order chi connectivity index (χ0) is 17.3. The number of nitrogens with one attached hydrogen (secondary N) is 1. The Labute approximate surface area is 150 Å². The second-order valence-corrected chi connectivity index (χ2v) is 7.18. The molecule has 1 aromatic carbocycles. The Bertz CT molecular complexity index is 737. The first-order valence-corrected chi connectivity index (χ1v) is 8.84. The first-order chi connectivity index (χ1) is 11.4. The average molecular weight is 392 g/mol. The van der Waals surface area contributed by atoms with Crippen LogP contribution in [0.2, 0.25) is 0 Å². The lowest BCUT2D eigenvalue weighted by molar-refractivity contribution is 0.461. The zero-order valence-corrected chi connectivity index (χ0v) is 15.4. The van der Waals surface area contributed by atoms with Crippen molar-refractivity contribution in [2.24, 2.45) is 0 Å². The van der Waals surface area contributed by atoms with Gasteiger partial charge in [-0.15, -0.1) is 0 Å². The van der Waals surface area contributed by atoms with Crippen molar-refractivity contribution in [3.8, 4) is 5.75 Å². The van der Waals surface area contributed by atoms with E-state index in [1.165, 1.54) is 0 Å². The number of phenolic OH excluding ortho intramolecular Hbond substituents is 1. The zero-order valence-electron chi connectivity index (χ0n) is 13.8. The number of nitrogens with two attached hydrogens (primary N) is 1. The molecule has 4 N–H and O–H groups in total. The van der Waals surface area contributed by atoms with Crippen molar-refractivity contribution in [3.63, 3.8) is 0 Å². The Morgan fingerprint density at radius 2 is 2.12 bits per heavy atom. The molecular formula is C17H22BrN5O. The number of anilines is 2. The van der Waals surface area contributed by atoms with Gasteiger partial charge in [-0.3, -0.25) is 0 Å². The summed E-state index contributed by atoms with van der Waals surface area (Å²) in [6, 6.07) is 7.53. The molecule has 1 fully saturated rings. The smallest absolute Gasteiger partial charge is 0.222 e. The van der Waals surface area contributed by atoms with Crippen LogP contribution in [-0.2, 0) is 0 Å². The van der Waals surface area contributed by atoms with Gasteiger partial charge in [0.1, 0.15) is 11.6 Å². The third-order valence-corrected chi connectivity index (χ3v) is 4.89. The largest absolute Gasteiger partial charge is 0.508 e. The van der Waals surface area contributed by atoms with Crippen LogP contribution >= 0.6 is 15.9 Å². The van der Waals surface area contributed by atoms with Gasteiger partial charge in [0.2, 0.25) is 5.95 Å². The van der Waals surface area contributed by atoms with Gasteiger partial charge in [0, 0.05) is 30.2 Å². The lowest BCUT2D eigenvalue weighted by Gasteiger charge is -2.35. The molecule has 3 rings (SSSR count). The molecule has 0 spiro atoms. The normalized spacial score (nSPS) is 18.2. The molecule has 1 unspecified atom stereocenters. The molecule has 0 bridgehead atoms.